The molecule has 0 radical (unpaired) electrons. The number of nitrogens with zero attached hydrogens (tertiary/aromatic N) is 1. The van der Waals surface area contributed by atoms with Crippen molar-refractivity contribution in [3.8, 4) is 0 Å². The van der Waals surface area contributed by atoms with Gasteiger partial charge in [0.25, 0.3) is 0 Å². The summed E-state index contributed by atoms with van der Waals surface area (Å²) in [6, 6.07) is 5.12. The van der Waals surface area contributed by atoms with Crippen molar-refractivity contribution in [2.45, 2.75) is 38.5 Å². The van der Waals surface area contributed by atoms with Gasteiger partial charge in [0.2, 0.25) is 0 Å². The zero-order valence-electron chi connectivity index (χ0n) is 12.3. The molecule has 0 aliphatic heterocycles. The molecule has 3 rings (SSSR count). The molecule has 1 fully saturated rings. The SMILES string of the molecule is Cc1c(C(CN)C2CCCC2)c2ccc(F)cc2n1C. The van der Waals surface area contributed by atoms with Gasteiger partial charge >= 0.3 is 0 Å². The maximum atomic E-state index is 13.5. The second-order valence-electron chi connectivity index (χ2n) is 6.11. The normalized spacial score (nSPS) is 18.0. The van der Waals surface area contributed by atoms with Crippen LogP contribution in [0.2, 0.25) is 0 Å². The summed E-state index contributed by atoms with van der Waals surface area (Å²) in [5.41, 5.74) is 9.65. The van der Waals surface area contributed by atoms with Crippen LogP contribution in [0.3, 0.4) is 0 Å². The summed E-state index contributed by atoms with van der Waals surface area (Å²) in [5, 5.41) is 1.17. The molecule has 3 heteroatoms. The summed E-state index contributed by atoms with van der Waals surface area (Å²) in [6.07, 6.45) is 5.19. The van der Waals surface area contributed by atoms with Crippen LogP contribution < -0.4 is 5.73 Å². The molecule has 2 N–H and O–H groups in total. The Kier molecular flexibility index (Phi) is 3.55. The highest BCUT2D eigenvalue weighted by molar-refractivity contribution is 5.86. The van der Waals surface area contributed by atoms with E-state index in [0.29, 0.717) is 18.4 Å². The van der Waals surface area contributed by atoms with Crippen molar-refractivity contribution in [1.82, 2.24) is 4.57 Å². The maximum Gasteiger partial charge on any atom is 0.125 e. The molecule has 1 heterocycles. The van der Waals surface area contributed by atoms with E-state index in [1.165, 1.54) is 42.3 Å². The predicted molar refractivity (Wildman–Crippen MR) is 81.4 cm³/mol. The van der Waals surface area contributed by atoms with Gasteiger partial charge in [0.15, 0.2) is 0 Å². The van der Waals surface area contributed by atoms with Crippen LogP contribution in [0, 0.1) is 18.7 Å². The average molecular weight is 274 g/mol. The van der Waals surface area contributed by atoms with Crippen LogP contribution >= 0.6 is 0 Å². The van der Waals surface area contributed by atoms with Gasteiger partial charge in [-0.25, -0.2) is 4.39 Å². The van der Waals surface area contributed by atoms with E-state index in [2.05, 4.69) is 11.5 Å². The van der Waals surface area contributed by atoms with Gasteiger partial charge in [0, 0.05) is 24.0 Å². The molecule has 1 atom stereocenters. The standard InChI is InChI=1S/C17H23FN2/c1-11-17(15(10-19)12-5-3-4-6-12)14-8-7-13(18)9-16(14)20(11)2/h7-9,12,15H,3-6,10,19H2,1-2H3. The van der Waals surface area contributed by atoms with Crippen molar-refractivity contribution in [1.29, 1.82) is 0 Å². The molecule has 1 aliphatic carbocycles. The minimum absolute atomic E-state index is 0.171. The van der Waals surface area contributed by atoms with Gasteiger partial charge in [-0.1, -0.05) is 12.8 Å². The quantitative estimate of drug-likeness (QED) is 0.905. The maximum absolute atomic E-state index is 13.5. The highest BCUT2D eigenvalue weighted by Gasteiger charge is 2.29. The first-order valence-corrected chi connectivity index (χ1v) is 7.58. The number of benzene rings is 1. The first kappa shape index (κ1) is 13.6. The van der Waals surface area contributed by atoms with E-state index in [4.69, 9.17) is 5.73 Å². The largest absolute Gasteiger partial charge is 0.348 e. The Hall–Kier alpha value is -1.35. The molecule has 0 spiro atoms. The fraction of sp³-hybridized carbons (Fsp3) is 0.529. The summed E-state index contributed by atoms with van der Waals surface area (Å²) in [5.74, 6) is 0.927. The number of hydrogen-bond acceptors (Lipinski definition) is 1. The van der Waals surface area contributed by atoms with E-state index in [1.807, 2.05) is 13.1 Å². The van der Waals surface area contributed by atoms with Crippen LogP contribution in [-0.4, -0.2) is 11.1 Å². The Bertz CT molecular complexity index is 623. The zero-order chi connectivity index (χ0) is 14.3. The van der Waals surface area contributed by atoms with E-state index in [0.717, 1.165) is 5.52 Å². The Morgan fingerprint density at radius 1 is 1.35 bits per heavy atom. The lowest BCUT2D eigenvalue weighted by Crippen LogP contribution is -2.20. The van der Waals surface area contributed by atoms with Crippen LogP contribution in [-0.2, 0) is 7.05 Å². The third-order valence-electron chi connectivity index (χ3n) is 5.10. The monoisotopic (exact) mass is 274 g/mol. The van der Waals surface area contributed by atoms with Gasteiger partial charge in [0.05, 0.1) is 5.52 Å². The van der Waals surface area contributed by atoms with Crippen LogP contribution in [0.15, 0.2) is 18.2 Å². The van der Waals surface area contributed by atoms with Gasteiger partial charge in [-0.15, -0.1) is 0 Å². The number of fused-ring (bicyclic) bond motifs is 1. The second-order valence-corrected chi connectivity index (χ2v) is 6.11. The second kappa shape index (κ2) is 5.21. The predicted octanol–water partition coefficient (Wildman–Crippen LogP) is 3.86. The number of halogens is 1. The minimum Gasteiger partial charge on any atom is -0.348 e. The number of hydrogen-bond donors (Lipinski definition) is 1. The molecule has 0 bridgehead atoms. The molecular formula is C17H23FN2. The lowest BCUT2D eigenvalue weighted by molar-refractivity contribution is 0.440. The van der Waals surface area contributed by atoms with Gasteiger partial charge < -0.3 is 10.3 Å². The lowest BCUT2D eigenvalue weighted by Gasteiger charge is -2.23. The molecule has 2 aromatic rings. The summed E-state index contributed by atoms with van der Waals surface area (Å²) in [4.78, 5) is 0. The molecule has 0 saturated heterocycles. The van der Waals surface area contributed by atoms with Crippen molar-refractivity contribution in [3.63, 3.8) is 0 Å². The first-order valence-electron chi connectivity index (χ1n) is 7.58. The number of aryl methyl sites for hydroxylation is 1. The molecule has 1 aromatic heterocycles. The van der Waals surface area contributed by atoms with E-state index in [9.17, 15) is 4.39 Å². The average Bonchev–Trinajstić information content (AvgIpc) is 3.04. The number of rotatable bonds is 3. The molecule has 1 aromatic carbocycles. The third-order valence-corrected chi connectivity index (χ3v) is 5.10. The van der Waals surface area contributed by atoms with Crippen LogP contribution in [0.1, 0.15) is 42.9 Å². The smallest absolute Gasteiger partial charge is 0.125 e. The summed E-state index contributed by atoms with van der Waals surface area (Å²) in [6.45, 7) is 2.81. The molecule has 0 amide bonds. The van der Waals surface area contributed by atoms with Crippen LogP contribution in [0.25, 0.3) is 10.9 Å². The molecule has 2 nitrogen and oxygen atoms in total. The lowest BCUT2D eigenvalue weighted by atomic mass is 9.83. The molecule has 20 heavy (non-hydrogen) atoms. The van der Waals surface area contributed by atoms with E-state index >= 15 is 0 Å². The summed E-state index contributed by atoms with van der Waals surface area (Å²) >= 11 is 0. The van der Waals surface area contributed by atoms with Gasteiger partial charge in [-0.05, 0) is 56.0 Å². The van der Waals surface area contributed by atoms with Crippen molar-refractivity contribution in [2.24, 2.45) is 18.7 Å². The summed E-state index contributed by atoms with van der Waals surface area (Å²) in [7, 11) is 2.02. The number of aromatic nitrogens is 1. The van der Waals surface area contributed by atoms with Crippen LogP contribution in [0.5, 0.6) is 0 Å². The molecule has 1 saturated carbocycles. The van der Waals surface area contributed by atoms with Crippen molar-refractivity contribution in [2.75, 3.05) is 6.54 Å². The fourth-order valence-corrected chi connectivity index (χ4v) is 3.94. The van der Waals surface area contributed by atoms with E-state index < -0.39 is 0 Å². The molecule has 1 unspecified atom stereocenters. The van der Waals surface area contributed by atoms with E-state index in [1.54, 1.807) is 12.1 Å². The molecular weight excluding hydrogens is 251 g/mol. The fourth-order valence-electron chi connectivity index (χ4n) is 3.94. The topological polar surface area (TPSA) is 30.9 Å². The minimum atomic E-state index is -0.171. The third kappa shape index (κ3) is 2.05. The van der Waals surface area contributed by atoms with Gasteiger partial charge in [-0.2, -0.15) is 0 Å². The Labute approximate surface area is 119 Å². The van der Waals surface area contributed by atoms with Crippen molar-refractivity contribution < 1.29 is 4.39 Å². The summed E-state index contributed by atoms with van der Waals surface area (Å²) < 4.78 is 15.6. The van der Waals surface area contributed by atoms with Gasteiger partial charge in [0.1, 0.15) is 5.82 Å². The van der Waals surface area contributed by atoms with E-state index in [-0.39, 0.29) is 5.82 Å². The first-order chi connectivity index (χ1) is 9.63. The molecule has 108 valence electrons. The van der Waals surface area contributed by atoms with Crippen LogP contribution in [0.4, 0.5) is 4.39 Å². The van der Waals surface area contributed by atoms with Crippen molar-refractivity contribution >= 4 is 10.9 Å². The molecule has 1 aliphatic rings. The Morgan fingerprint density at radius 2 is 2.05 bits per heavy atom. The van der Waals surface area contributed by atoms with Gasteiger partial charge in [-0.3, -0.25) is 0 Å². The Morgan fingerprint density at radius 3 is 2.70 bits per heavy atom. The Balaban J connectivity index is 2.16. The number of nitrogens with two attached hydrogens (primary N) is 1. The highest BCUT2D eigenvalue weighted by atomic mass is 19.1. The highest BCUT2D eigenvalue weighted by Crippen LogP contribution is 2.41. The van der Waals surface area contributed by atoms with Crippen molar-refractivity contribution in [3.05, 3.63) is 35.3 Å². The zero-order valence-corrected chi connectivity index (χ0v) is 12.3.